The Labute approximate surface area is 194 Å². The van der Waals surface area contributed by atoms with Gasteiger partial charge in [-0.15, -0.1) is 0 Å². The molecule has 4 rings (SSSR count). The summed E-state index contributed by atoms with van der Waals surface area (Å²) in [5.74, 6) is -1.19. The third kappa shape index (κ3) is 4.75. The number of nitro benzene ring substituents is 1. The van der Waals surface area contributed by atoms with Gasteiger partial charge in [-0.2, -0.15) is 4.39 Å². The first-order chi connectivity index (χ1) is 16.4. The van der Waals surface area contributed by atoms with E-state index in [1.165, 1.54) is 6.07 Å². The van der Waals surface area contributed by atoms with Gasteiger partial charge in [0.25, 0.3) is 0 Å². The smallest absolute Gasteiger partial charge is 0.407 e. The molecule has 3 aromatic rings. The van der Waals surface area contributed by atoms with E-state index >= 15 is 0 Å². The van der Waals surface area contributed by atoms with Crippen molar-refractivity contribution in [2.75, 3.05) is 13.2 Å². The van der Waals surface area contributed by atoms with Crippen LogP contribution in [0.25, 0.3) is 11.1 Å². The highest BCUT2D eigenvalue weighted by atomic mass is 19.1. The zero-order valence-electron chi connectivity index (χ0n) is 18.1. The maximum atomic E-state index is 13.8. The van der Waals surface area contributed by atoms with Crippen molar-refractivity contribution in [1.82, 2.24) is 5.32 Å². The molecule has 0 saturated carbocycles. The van der Waals surface area contributed by atoms with E-state index in [0.717, 1.165) is 34.4 Å². The molecule has 176 valence electrons. The Morgan fingerprint density at radius 1 is 1.06 bits per heavy atom. The molecule has 9 heteroatoms. The third-order valence-corrected chi connectivity index (χ3v) is 5.93. The predicted octanol–water partition coefficient (Wildman–Crippen LogP) is 4.06. The van der Waals surface area contributed by atoms with E-state index in [-0.39, 0.29) is 31.1 Å². The fourth-order valence-corrected chi connectivity index (χ4v) is 4.21. The Bertz CT molecular complexity index is 1170. The Balaban J connectivity index is 1.28. The molecule has 1 aliphatic carbocycles. The molecule has 0 spiro atoms. The van der Waals surface area contributed by atoms with E-state index < -0.39 is 34.7 Å². The predicted molar refractivity (Wildman–Crippen MR) is 122 cm³/mol. The van der Waals surface area contributed by atoms with Gasteiger partial charge in [0.2, 0.25) is 5.82 Å². The number of halogens is 1. The number of nitro groups is 1. The van der Waals surface area contributed by atoms with Gasteiger partial charge in [0.15, 0.2) is 0 Å². The average Bonchev–Trinajstić information content (AvgIpc) is 3.15. The van der Waals surface area contributed by atoms with Crippen LogP contribution in [0.3, 0.4) is 0 Å². The fraction of sp³-hybridized carbons (Fsp3) is 0.240. The summed E-state index contributed by atoms with van der Waals surface area (Å²) in [5.41, 5.74) is 3.69. The summed E-state index contributed by atoms with van der Waals surface area (Å²) in [6, 6.07) is 18.8. The molecule has 0 bridgehead atoms. The zero-order chi connectivity index (χ0) is 24.2. The van der Waals surface area contributed by atoms with Crippen LogP contribution < -0.4 is 5.32 Å². The van der Waals surface area contributed by atoms with Crippen LogP contribution in [0.4, 0.5) is 14.9 Å². The number of fused-ring (bicyclic) bond motifs is 3. The summed E-state index contributed by atoms with van der Waals surface area (Å²) in [6.07, 6.45) is -3.50. The minimum Gasteiger partial charge on any atom is -0.449 e. The molecule has 2 atom stereocenters. The summed E-state index contributed by atoms with van der Waals surface area (Å²) in [5, 5.41) is 33.6. The van der Waals surface area contributed by atoms with Crippen LogP contribution in [0.1, 0.15) is 35.1 Å². The van der Waals surface area contributed by atoms with Crippen molar-refractivity contribution < 1.29 is 29.1 Å². The first-order valence-corrected chi connectivity index (χ1v) is 10.8. The molecule has 34 heavy (non-hydrogen) atoms. The van der Waals surface area contributed by atoms with Crippen molar-refractivity contribution >= 4 is 11.8 Å². The Hall–Kier alpha value is -3.82. The van der Waals surface area contributed by atoms with E-state index in [1.54, 1.807) is 0 Å². The van der Waals surface area contributed by atoms with Crippen molar-refractivity contribution in [3.8, 4) is 11.1 Å². The Morgan fingerprint density at radius 2 is 1.68 bits per heavy atom. The standard InChI is InChI=1S/C25H23FN2O6/c26-21-13-15(9-10-22(21)28(32)33)24(30)23(29)11-12-27-25(31)34-14-20-18-7-3-1-5-16(18)17-6-2-4-8-19(17)20/h1-10,13,20,23-24,29-30H,11-12,14H2,(H,27,31). The van der Waals surface area contributed by atoms with Gasteiger partial charge in [0.05, 0.1) is 11.0 Å². The number of nitrogens with zero attached hydrogens (tertiary/aromatic N) is 1. The quantitative estimate of drug-likeness (QED) is 0.340. The highest BCUT2D eigenvalue weighted by molar-refractivity contribution is 5.79. The minimum atomic E-state index is -1.47. The van der Waals surface area contributed by atoms with Gasteiger partial charge in [-0.05, 0) is 46.4 Å². The summed E-state index contributed by atoms with van der Waals surface area (Å²) < 4.78 is 19.2. The number of carbonyl (C=O) groups is 1. The third-order valence-electron chi connectivity index (χ3n) is 5.93. The molecular weight excluding hydrogens is 443 g/mol. The zero-order valence-corrected chi connectivity index (χ0v) is 18.1. The lowest BCUT2D eigenvalue weighted by atomic mass is 9.98. The van der Waals surface area contributed by atoms with E-state index in [2.05, 4.69) is 5.32 Å². The second-order valence-electron chi connectivity index (χ2n) is 8.02. The first-order valence-electron chi connectivity index (χ1n) is 10.8. The maximum Gasteiger partial charge on any atom is 0.407 e. The molecule has 0 heterocycles. The fourth-order valence-electron chi connectivity index (χ4n) is 4.21. The maximum absolute atomic E-state index is 13.8. The van der Waals surface area contributed by atoms with Gasteiger partial charge in [-0.3, -0.25) is 10.1 Å². The number of aliphatic hydroxyl groups excluding tert-OH is 2. The number of nitrogens with one attached hydrogen (secondary N) is 1. The average molecular weight is 466 g/mol. The molecule has 3 aromatic carbocycles. The highest BCUT2D eigenvalue weighted by Crippen LogP contribution is 2.44. The highest BCUT2D eigenvalue weighted by Gasteiger charge is 2.29. The van der Waals surface area contributed by atoms with E-state index in [9.17, 15) is 29.5 Å². The molecule has 0 saturated heterocycles. The van der Waals surface area contributed by atoms with Crippen LogP contribution in [0.15, 0.2) is 66.7 Å². The number of benzene rings is 3. The van der Waals surface area contributed by atoms with Crippen molar-refractivity contribution in [2.24, 2.45) is 0 Å². The van der Waals surface area contributed by atoms with Gasteiger partial charge < -0.3 is 20.3 Å². The van der Waals surface area contributed by atoms with Crippen LogP contribution >= 0.6 is 0 Å². The van der Waals surface area contributed by atoms with Crippen LogP contribution in [-0.2, 0) is 4.74 Å². The lowest BCUT2D eigenvalue weighted by Crippen LogP contribution is -2.30. The number of amides is 1. The molecule has 0 fully saturated rings. The van der Waals surface area contributed by atoms with Crippen molar-refractivity contribution in [3.05, 3.63) is 99.4 Å². The lowest BCUT2D eigenvalue weighted by Gasteiger charge is -2.19. The summed E-state index contributed by atoms with van der Waals surface area (Å²) in [7, 11) is 0. The number of ether oxygens (including phenoxy) is 1. The number of rotatable bonds is 8. The number of hydrogen-bond donors (Lipinski definition) is 3. The van der Waals surface area contributed by atoms with Gasteiger partial charge in [-0.25, -0.2) is 4.79 Å². The molecular formula is C25H23FN2O6. The SMILES string of the molecule is O=C(NCCC(O)C(O)c1ccc([N+](=O)[O-])c(F)c1)OCC1c2ccccc2-c2ccccc21. The van der Waals surface area contributed by atoms with Crippen molar-refractivity contribution in [2.45, 2.75) is 24.5 Å². The van der Waals surface area contributed by atoms with Crippen LogP contribution in [0.2, 0.25) is 0 Å². The van der Waals surface area contributed by atoms with Crippen LogP contribution in [0.5, 0.6) is 0 Å². The monoisotopic (exact) mass is 466 g/mol. The van der Waals surface area contributed by atoms with Gasteiger partial charge in [0.1, 0.15) is 12.7 Å². The van der Waals surface area contributed by atoms with Gasteiger partial charge >= 0.3 is 11.8 Å². The van der Waals surface area contributed by atoms with Crippen LogP contribution in [0, 0.1) is 15.9 Å². The molecule has 1 amide bonds. The summed E-state index contributed by atoms with van der Waals surface area (Å²) in [6.45, 7) is 0.150. The number of carbonyl (C=O) groups excluding carboxylic acids is 1. The van der Waals surface area contributed by atoms with E-state index in [0.29, 0.717) is 0 Å². The lowest BCUT2D eigenvalue weighted by molar-refractivity contribution is -0.387. The topological polar surface area (TPSA) is 122 Å². The second-order valence-corrected chi connectivity index (χ2v) is 8.02. The van der Waals surface area contributed by atoms with Crippen LogP contribution in [-0.4, -0.2) is 40.5 Å². The van der Waals surface area contributed by atoms with Gasteiger partial charge in [0, 0.05) is 18.5 Å². The molecule has 1 aliphatic rings. The number of aliphatic hydroxyl groups is 2. The molecule has 2 unspecified atom stereocenters. The number of alkyl carbamates (subject to hydrolysis) is 1. The normalized spacial score (nSPS) is 14.1. The summed E-state index contributed by atoms with van der Waals surface area (Å²) in [4.78, 5) is 22.0. The first kappa shape index (κ1) is 23.3. The van der Waals surface area contributed by atoms with E-state index in [1.807, 2.05) is 48.5 Å². The Kier molecular flexibility index (Phi) is 6.85. The van der Waals surface area contributed by atoms with E-state index in [4.69, 9.17) is 4.74 Å². The number of hydrogen-bond acceptors (Lipinski definition) is 6. The molecule has 0 aliphatic heterocycles. The van der Waals surface area contributed by atoms with Crippen molar-refractivity contribution in [3.63, 3.8) is 0 Å². The Morgan fingerprint density at radius 3 is 2.26 bits per heavy atom. The van der Waals surface area contributed by atoms with Crippen molar-refractivity contribution in [1.29, 1.82) is 0 Å². The molecule has 3 N–H and O–H groups in total. The molecule has 0 radical (unpaired) electrons. The second kappa shape index (κ2) is 9.98. The molecule has 8 nitrogen and oxygen atoms in total. The summed E-state index contributed by atoms with van der Waals surface area (Å²) >= 11 is 0. The largest absolute Gasteiger partial charge is 0.449 e. The minimum absolute atomic E-state index is 0.00302. The van der Waals surface area contributed by atoms with Gasteiger partial charge in [-0.1, -0.05) is 48.5 Å². The molecule has 0 aromatic heterocycles.